The maximum Gasteiger partial charge on any atom is 0.323 e. The molecule has 2 rings (SSSR count). The van der Waals surface area contributed by atoms with Crippen molar-refractivity contribution < 1.29 is 9.18 Å². The molecule has 2 N–H and O–H groups in total. The Bertz CT molecular complexity index is 597. The molecule has 0 aliphatic carbocycles. The van der Waals surface area contributed by atoms with Crippen LogP contribution in [-0.4, -0.2) is 6.03 Å². The zero-order chi connectivity index (χ0) is 14.7. The van der Waals surface area contributed by atoms with Gasteiger partial charge in [0.25, 0.3) is 0 Å². The van der Waals surface area contributed by atoms with E-state index in [0.717, 1.165) is 11.1 Å². The van der Waals surface area contributed by atoms with Crippen LogP contribution in [0.2, 0.25) is 0 Å². The van der Waals surface area contributed by atoms with Gasteiger partial charge in [0.15, 0.2) is 0 Å². The number of carbonyl (C=O) groups is 1. The van der Waals surface area contributed by atoms with Crippen molar-refractivity contribution in [1.82, 2.24) is 0 Å². The summed E-state index contributed by atoms with van der Waals surface area (Å²) in [5, 5.41) is 5.32. The van der Waals surface area contributed by atoms with Crippen LogP contribution in [0.15, 0.2) is 36.4 Å². The average molecular weight is 272 g/mol. The van der Waals surface area contributed by atoms with Gasteiger partial charge in [-0.2, -0.15) is 0 Å². The summed E-state index contributed by atoms with van der Waals surface area (Å²) in [7, 11) is 0. The minimum absolute atomic E-state index is 0.339. The first-order valence-electron chi connectivity index (χ1n) is 6.37. The van der Waals surface area contributed by atoms with Gasteiger partial charge in [0, 0.05) is 11.4 Å². The Hall–Kier alpha value is -2.36. The Kier molecular flexibility index (Phi) is 4.03. The van der Waals surface area contributed by atoms with Gasteiger partial charge in [-0.1, -0.05) is 12.1 Å². The molecular weight excluding hydrogens is 255 g/mol. The van der Waals surface area contributed by atoms with Crippen molar-refractivity contribution in [2.75, 3.05) is 10.6 Å². The van der Waals surface area contributed by atoms with Crippen LogP contribution in [0.5, 0.6) is 0 Å². The topological polar surface area (TPSA) is 41.1 Å². The van der Waals surface area contributed by atoms with Crippen LogP contribution in [0.4, 0.5) is 20.6 Å². The third-order valence-corrected chi connectivity index (χ3v) is 3.19. The lowest BCUT2D eigenvalue weighted by molar-refractivity contribution is 0.262. The second-order valence-electron chi connectivity index (χ2n) is 4.84. The monoisotopic (exact) mass is 272 g/mol. The average Bonchev–Trinajstić information content (AvgIpc) is 2.38. The number of rotatable bonds is 2. The Morgan fingerprint density at radius 1 is 0.850 bits per heavy atom. The lowest BCUT2D eigenvalue weighted by Crippen LogP contribution is -2.19. The Labute approximate surface area is 117 Å². The normalized spacial score (nSPS) is 10.2. The van der Waals surface area contributed by atoms with E-state index in [2.05, 4.69) is 10.6 Å². The number of anilines is 2. The molecule has 0 unspecified atom stereocenters. The molecule has 0 radical (unpaired) electrons. The summed E-state index contributed by atoms with van der Waals surface area (Å²) in [6.45, 7) is 5.66. The molecule has 3 nitrogen and oxygen atoms in total. The molecule has 4 heteroatoms. The Morgan fingerprint density at radius 3 is 1.95 bits per heavy atom. The maximum absolute atomic E-state index is 13.4. The van der Waals surface area contributed by atoms with Crippen LogP contribution in [0.25, 0.3) is 0 Å². The van der Waals surface area contributed by atoms with Crippen LogP contribution in [0.3, 0.4) is 0 Å². The molecular formula is C16H17FN2O. The van der Waals surface area contributed by atoms with Gasteiger partial charge in [-0.3, -0.25) is 0 Å². The van der Waals surface area contributed by atoms with Crippen molar-refractivity contribution in [3.8, 4) is 0 Å². The van der Waals surface area contributed by atoms with E-state index in [-0.39, 0.29) is 5.82 Å². The van der Waals surface area contributed by atoms with Crippen LogP contribution in [0.1, 0.15) is 16.7 Å². The largest absolute Gasteiger partial charge is 0.323 e. The first-order chi connectivity index (χ1) is 9.45. The molecule has 0 bridgehead atoms. The minimum atomic E-state index is -0.392. The van der Waals surface area contributed by atoms with E-state index in [1.165, 1.54) is 6.07 Å². The predicted molar refractivity (Wildman–Crippen MR) is 79.7 cm³/mol. The summed E-state index contributed by atoms with van der Waals surface area (Å²) < 4.78 is 13.4. The maximum atomic E-state index is 13.4. The zero-order valence-electron chi connectivity index (χ0n) is 11.8. The van der Waals surface area contributed by atoms with Crippen LogP contribution >= 0.6 is 0 Å². The quantitative estimate of drug-likeness (QED) is 0.836. The fourth-order valence-corrected chi connectivity index (χ4v) is 1.78. The van der Waals surface area contributed by atoms with Gasteiger partial charge in [-0.15, -0.1) is 0 Å². The number of hydrogen-bond acceptors (Lipinski definition) is 1. The Morgan fingerprint density at radius 2 is 1.40 bits per heavy atom. The molecule has 0 fully saturated rings. The summed E-state index contributed by atoms with van der Waals surface area (Å²) in [6, 6.07) is 9.87. The highest BCUT2D eigenvalue weighted by atomic mass is 19.1. The first kappa shape index (κ1) is 14.1. The number of hydrogen-bond donors (Lipinski definition) is 2. The van der Waals surface area contributed by atoms with E-state index in [1.807, 2.05) is 32.0 Å². The van der Waals surface area contributed by atoms with E-state index in [4.69, 9.17) is 0 Å². The minimum Gasteiger partial charge on any atom is -0.308 e. The molecule has 0 spiro atoms. The molecule has 2 aromatic carbocycles. The van der Waals surface area contributed by atoms with Crippen molar-refractivity contribution in [3.05, 3.63) is 58.9 Å². The third-order valence-electron chi connectivity index (χ3n) is 3.19. The SMILES string of the molecule is Cc1ccc(NC(=O)Nc2ccc(C)c(F)c2)cc1C. The summed E-state index contributed by atoms with van der Waals surface area (Å²) in [5.41, 5.74) is 3.94. The summed E-state index contributed by atoms with van der Waals surface area (Å²) in [4.78, 5) is 11.8. The molecule has 0 aromatic heterocycles. The third kappa shape index (κ3) is 3.35. The van der Waals surface area contributed by atoms with Gasteiger partial charge in [0.1, 0.15) is 5.82 Å². The van der Waals surface area contributed by atoms with E-state index in [9.17, 15) is 9.18 Å². The summed E-state index contributed by atoms with van der Waals surface area (Å²) in [5.74, 6) is -0.339. The first-order valence-corrected chi connectivity index (χ1v) is 6.37. The molecule has 0 atom stereocenters. The summed E-state index contributed by atoms with van der Waals surface area (Å²) in [6.07, 6.45) is 0. The smallest absolute Gasteiger partial charge is 0.308 e. The number of aryl methyl sites for hydroxylation is 3. The van der Waals surface area contributed by atoms with E-state index in [1.54, 1.807) is 19.1 Å². The van der Waals surface area contributed by atoms with E-state index >= 15 is 0 Å². The molecule has 0 saturated heterocycles. The van der Waals surface area contributed by atoms with Gasteiger partial charge in [0.05, 0.1) is 0 Å². The number of amides is 2. The lowest BCUT2D eigenvalue weighted by Gasteiger charge is -2.09. The van der Waals surface area contributed by atoms with Crippen LogP contribution in [0, 0.1) is 26.6 Å². The highest BCUT2D eigenvalue weighted by molar-refractivity contribution is 5.99. The second kappa shape index (κ2) is 5.74. The molecule has 0 heterocycles. The van der Waals surface area contributed by atoms with Crippen molar-refractivity contribution in [1.29, 1.82) is 0 Å². The molecule has 0 aliphatic rings. The predicted octanol–water partition coefficient (Wildman–Crippen LogP) is 4.39. The molecule has 2 aromatic rings. The number of benzene rings is 2. The molecule has 104 valence electrons. The van der Waals surface area contributed by atoms with Crippen molar-refractivity contribution >= 4 is 17.4 Å². The number of halogens is 1. The van der Waals surface area contributed by atoms with Crippen LogP contribution < -0.4 is 10.6 Å². The highest BCUT2D eigenvalue weighted by Crippen LogP contribution is 2.16. The fourth-order valence-electron chi connectivity index (χ4n) is 1.78. The zero-order valence-corrected chi connectivity index (χ0v) is 11.8. The standard InChI is InChI=1S/C16H17FN2O/c1-10-4-6-13(8-12(10)3)18-16(20)19-14-7-5-11(2)15(17)9-14/h4-9H,1-3H3,(H2,18,19,20). The lowest BCUT2D eigenvalue weighted by atomic mass is 10.1. The van der Waals surface area contributed by atoms with Crippen molar-refractivity contribution in [2.24, 2.45) is 0 Å². The van der Waals surface area contributed by atoms with Gasteiger partial charge < -0.3 is 10.6 Å². The molecule has 2 amide bonds. The van der Waals surface area contributed by atoms with Gasteiger partial charge in [-0.05, 0) is 61.7 Å². The van der Waals surface area contributed by atoms with Crippen molar-refractivity contribution in [2.45, 2.75) is 20.8 Å². The van der Waals surface area contributed by atoms with Gasteiger partial charge in [-0.25, -0.2) is 9.18 Å². The van der Waals surface area contributed by atoms with Crippen LogP contribution in [-0.2, 0) is 0 Å². The number of carbonyl (C=O) groups excluding carboxylic acids is 1. The fraction of sp³-hybridized carbons (Fsp3) is 0.188. The Balaban J connectivity index is 2.04. The van der Waals surface area contributed by atoms with Gasteiger partial charge in [0.2, 0.25) is 0 Å². The molecule has 0 aliphatic heterocycles. The summed E-state index contributed by atoms with van der Waals surface area (Å²) >= 11 is 0. The van der Waals surface area contributed by atoms with E-state index < -0.39 is 6.03 Å². The molecule has 20 heavy (non-hydrogen) atoms. The number of urea groups is 1. The second-order valence-corrected chi connectivity index (χ2v) is 4.84. The van der Waals surface area contributed by atoms with Gasteiger partial charge >= 0.3 is 6.03 Å². The van der Waals surface area contributed by atoms with E-state index in [0.29, 0.717) is 16.9 Å². The van der Waals surface area contributed by atoms with Crippen molar-refractivity contribution in [3.63, 3.8) is 0 Å². The molecule has 0 saturated carbocycles. The number of nitrogens with one attached hydrogen (secondary N) is 2. The highest BCUT2D eigenvalue weighted by Gasteiger charge is 2.05.